The standard InChI is InChI=1S/C18H13N3O4/c1-24-11-8-6-10(7-9-11)17-20-21-18(25-17)14-15(22)12-4-2-3-5-13(12)19-16(14)23/h2-9H,1H3,(H2,19,22,23). The Morgan fingerprint density at radius 2 is 1.76 bits per heavy atom. The molecular weight excluding hydrogens is 322 g/mol. The first-order chi connectivity index (χ1) is 12.2. The van der Waals surface area contributed by atoms with E-state index in [0.29, 0.717) is 22.2 Å². The summed E-state index contributed by atoms with van der Waals surface area (Å²) in [5.74, 6) is 0.705. The van der Waals surface area contributed by atoms with E-state index in [4.69, 9.17) is 9.15 Å². The van der Waals surface area contributed by atoms with Crippen molar-refractivity contribution in [3.63, 3.8) is 0 Å². The van der Waals surface area contributed by atoms with E-state index in [0.717, 1.165) is 0 Å². The zero-order chi connectivity index (χ0) is 17.4. The van der Waals surface area contributed by atoms with Gasteiger partial charge < -0.3 is 19.2 Å². The molecule has 0 amide bonds. The first-order valence-electron chi connectivity index (χ1n) is 7.49. The molecule has 0 spiro atoms. The number of nitrogens with zero attached hydrogens (tertiary/aromatic N) is 2. The number of fused-ring (bicyclic) bond motifs is 1. The minimum Gasteiger partial charge on any atom is -0.506 e. The summed E-state index contributed by atoms with van der Waals surface area (Å²) in [7, 11) is 1.58. The number of pyridine rings is 1. The number of para-hydroxylation sites is 1. The van der Waals surface area contributed by atoms with Crippen LogP contribution in [0.5, 0.6) is 11.5 Å². The van der Waals surface area contributed by atoms with Gasteiger partial charge in [0.15, 0.2) is 0 Å². The van der Waals surface area contributed by atoms with Crippen molar-refractivity contribution in [2.75, 3.05) is 7.11 Å². The van der Waals surface area contributed by atoms with Crippen LogP contribution in [0.4, 0.5) is 0 Å². The highest BCUT2D eigenvalue weighted by molar-refractivity contribution is 5.90. The fourth-order valence-corrected chi connectivity index (χ4v) is 2.60. The number of hydrogen-bond donors (Lipinski definition) is 2. The Kier molecular flexibility index (Phi) is 3.46. The minimum absolute atomic E-state index is 0.0460. The molecule has 4 rings (SSSR count). The van der Waals surface area contributed by atoms with Crippen molar-refractivity contribution < 1.29 is 14.3 Å². The number of aromatic amines is 1. The van der Waals surface area contributed by atoms with E-state index in [-0.39, 0.29) is 23.1 Å². The average molecular weight is 335 g/mol. The van der Waals surface area contributed by atoms with Gasteiger partial charge >= 0.3 is 0 Å². The molecule has 2 N–H and O–H groups in total. The maximum absolute atomic E-state index is 12.3. The number of nitrogens with one attached hydrogen (secondary N) is 1. The van der Waals surface area contributed by atoms with Gasteiger partial charge in [-0.05, 0) is 36.4 Å². The van der Waals surface area contributed by atoms with E-state index >= 15 is 0 Å². The van der Waals surface area contributed by atoms with E-state index < -0.39 is 5.56 Å². The van der Waals surface area contributed by atoms with Crippen molar-refractivity contribution in [1.29, 1.82) is 0 Å². The summed E-state index contributed by atoms with van der Waals surface area (Å²) in [5.41, 5.74) is 0.659. The molecule has 0 aliphatic carbocycles. The molecule has 0 fully saturated rings. The molecular formula is C18H13N3O4. The summed E-state index contributed by atoms with van der Waals surface area (Å²) in [4.78, 5) is 15.0. The smallest absolute Gasteiger partial charge is 0.265 e. The van der Waals surface area contributed by atoms with Crippen LogP contribution in [-0.4, -0.2) is 27.4 Å². The van der Waals surface area contributed by atoms with Crippen LogP contribution in [0, 0.1) is 0 Å². The van der Waals surface area contributed by atoms with Crippen molar-refractivity contribution in [2.45, 2.75) is 0 Å². The Balaban J connectivity index is 1.82. The molecule has 0 saturated carbocycles. The normalized spacial score (nSPS) is 10.9. The van der Waals surface area contributed by atoms with E-state index in [9.17, 15) is 9.90 Å². The molecule has 2 heterocycles. The number of aromatic hydroxyl groups is 1. The third-order valence-electron chi connectivity index (χ3n) is 3.87. The first kappa shape index (κ1) is 14.9. The highest BCUT2D eigenvalue weighted by Gasteiger charge is 2.20. The SMILES string of the molecule is COc1ccc(-c2nnc(-c3c(O)c4ccccc4[nH]c3=O)o2)cc1. The van der Waals surface area contributed by atoms with Gasteiger partial charge in [0.1, 0.15) is 17.1 Å². The van der Waals surface area contributed by atoms with Crippen LogP contribution in [-0.2, 0) is 0 Å². The second kappa shape index (κ2) is 5.79. The van der Waals surface area contributed by atoms with Crippen molar-refractivity contribution >= 4 is 10.9 Å². The summed E-state index contributed by atoms with van der Waals surface area (Å²) in [5, 5.41) is 18.8. The van der Waals surface area contributed by atoms with E-state index in [1.165, 1.54) is 0 Å². The monoisotopic (exact) mass is 335 g/mol. The van der Waals surface area contributed by atoms with Crippen molar-refractivity contribution in [3.05, 3.63) is 58.9 Å². The van der Waals surface area contributed by atoms with Gasteiger partial charge in [-0.25, -0.2) is 0 Å². The van der Waals surface area contributed by atoms with Gasteiger partial charge in [0.2, 0.25) is 5.89 Å². The van der Waals surface area contributed by atoms with Crippen LogP contribution >= 0.6 is 0 Å². The molecule has 0 aliphatic heterocycles. The maximum Gasteiger partial charge on any atom is 0.265 e. The lowest BCUT2D eigenvalue weighted by Gasteiger charge is -2.04. The molecule has 7 heteroatoms. The third-order valence-corrected chi connectivity index (χ3v) is 3.87. The van der Waals surface area contributed by atoms with Gasteiger partial charge in [-0.1, -0.05) is 12.1 Å². The second-order valence-electron chi connectivity index (χ2n) is 5.36. The molecule has 4 aromatic rings. The van der Waals surface area contributed by atoms with Crippen LogP contribution in [0.15, 0.2) is 57.7 Å². The highest BCUT2D eigenvalue weighted by atomic mass is 16.5. The Bertz CT molecular complexity index is 1110. The van der Waals surface area contributed by atoms with E-state index in [1.807, 2.05) is 0 Å². The zero-order valence-corrected chi connectivity index (χ0v) is 13.2. The number of ether oxygens (including phenoxy) is 1. The van der Waals surface area contributed by atoms with E-state index in [1.54, 1.807) is 55.6 Å². The molecule has 2 aromatic heterocycles. The van der Waals surface area contributed by atoms with Crippen LogP contribution in [0.3, 0.4) is 0 Å². The van der Waals surface area contributed by atoms with Gasteiger partial charge in [-0.15, -0.1) is 10.2 Å². The lowest BCUT2D eigenvalue weighted by molar-refractivity contribution is 0.415. The fourth-order valence-electron chi connectivity index (χ4n) is 2.60. The number of rotatable bonds is 3. The van der Waals surface area contributed by atoms with Gasteiger partial charge in [-0.3, -0.25) is 4.79 Å². The second-order valence-corrected chi connectivity index (χ2v) is 5.36. The first-order valence-corrected chi connectivity index (χ1v) is 7.49. The molecule has 2 aromatic carbocycles. The number of benzene rings is 2. The lowest BCUT2D eigenvalue weighted by Crippen LogP contribution is -2.09. The fraction of sp³-hybridized carbons (Fsp3) is 0.0556. The third kappa shape index (κ3) is 2.51. The zero-order valence-electron chi connectivity index (χ0n) is 13.2. The predicted molar refractivity (Wildman–Crippen MR) is 91.5 cm³/mol. The molecule has 7 nitrogen and oxygen atoms in total. The van der Waals surface area contributed by atoms with Crippen LogP contribution in [0.2, 0.25) is 0 Å². The van der Waals surface area contributed by atoms with Crippen LogP contribution in [0.1, 0.15) is 0 Å². The molecule has 0 radical (unpaired) electrons. The van der Waals surface area contributed by atoms with E-state index in [2.05, 4.69) is 15.2 Å². The quantitative estimate of drug-likeness (QED) is 0.597. The molecule has 0 atom stereocenters. The molecule has 0 bridgehead atoms. The largest absolute Gasteiger partial charge is 0.506 e. The summed E-state index contributed by atoms with van der Waals surface area (Å²) < 4.78 is 10.7. The predicted octanol–water partition coefficient (Wildman–Crippen LogP) is 2.96. The maximum atomic E-state index is 12.3. The van der Waals surface area contributed by atoms with Gasteiger partial charge in [0.25, 0.3) is 11.4 Å². The van der Waals surface area contributed by atoms with Crippen molar-refractivity contribution in [3.8, 4) is 34.4 Å². The molecule has 25 heavy (non-hydrogen) atoms. The highest BCUT2D eigenvalue weighted by Crippen LogP contribution is 2.32. The number of hydrogen-bond acceptors (Lipinski definition) is 6. The Morgan fingerprint density at radius 1 is 1.04 bits per heavy atom. The van der Waals surface area contributed by atoms with Gasteiger partial charge in [0, 0.05) is 10.9 Å². The van der Waals surface area contributed by atoms with Gasteiger partial charge in [-0.2, -0.15) is 0 Å². The molecule has 0 aliphatic rings. The van der Waals surface area contributed by atoms with Crippen molar-refractivity contribution in [1.82, 2.24) is 15.2 Å². The summed E-state index contributed by atoms with van der Waals surface area (Å²) >= 11 is 0. The number of aromatic nitrogens is 3. The Hall–Kier alpha value is -3.61. The van der Waals surface area contributed by atoms with Crippen LogP contribution < -0.4 is 10.3 Å². The summed E-state index contributed by atoms with van der Waals surface area (Å²) in [6.07, 6.45) is 0. The van der Waals surface area contributed by atoms with Gasteiger partial charge in [0.05, 0.1) is 12.6 Å². The van der Waals surface area contributed by atoms with Crippen LogP contribution in [0.25, 0.3) is 33.8 Å². The molecule has 0 saturated heterocycles. The lowest BCUT2D eigenvalue weighted by atomic mass is 10.1. The van der Waals surface area contributed by atoms with Crippen molar-refractivity contribution in [2.24, 2.45) is 0 Å². The topological polar surface area (TPSA) is 101 Å². The molecule has 124 valence electrons. The summed E-state index contributed by atoms with van der Waals surface area (Å²) in [6, 6.07) is 14.0. The summed E-state index contributed by atoms with van der Waals surface area (Å²) in [6.45, 7) is 0. The minimum atomic E-state index is -0.499. The Morgan fingerprint density at radius 3 is 2.52 bits per heavy atom. The average Bonchev–Trinajstić information content (AvgIpc) is 3.11. The molecule has 0 unspecified atom stereocenters. The number of methoxy groups -OCH3 is 1. The number of H-pyrrole nitrogens is 1. The Labute approximate surface area is 141 Å².